The molecule has 0 atom stereocenters. The van der Waals surface area contributed by atoms with Gasteiger partial charge in [0, 0.05) is 25.4 Å². The van der Waals surface area contributed by atoms with Crippen LogP contribution in [0, 0.1) is 0 Å². The van der Waals surface area contributed by atoms with Gasteiger partial charge in [-0.1, -0.05) is 0 Å². The number of nitrogens with zero attached hydrogens (tertiary/aromatic N) is 1. The second-order valence-electron chi connectivity index (χ2n) is 3.65. The van der Waals surface area contributed by atoms with Gasteiger partial charge in [0.15, 0.2) is 0 Å². The molecule has 0 unspecified atom stereocenters. The van der Waals surface area contributed by atoms with E-state index in [-0.39, 0.29) is 19.1 Å². The summed E-state index contributed by atoms with van der Waals surface area (Å²) in [6.45, 7) is 0.841. The van der Waals surface area contributed by atoms with Gasteiger partial charge in [-0.3, -0.25) is 9.78 Å². The monoisotopic (exact) mass is 238 g/mol. The van der Waals surface area contributed by atoms with Gasteiger partial charge in [0.1, 0.15) is 12.6 Å². The van der Waals surface area contributed by atoms with E-state index in [0.29, 0.717) is 19.4 Å². The Morgan fingerprint density at radius 2 is 2.35 bits per heavy atom. The minimum Gasteiger partial charge on any atom is -0.359 e. The van der Waals surface area contributed by atoms with Crippen molar-refractivity contribution in [2.75, 3.05) is 20.4 Å². The molecule has 0 saturated carbocycles. The van der Waals surface area contributed by atoms with E-state index in [0.717, 1.165) is 11.3 Å². The maximum absolute atomic E-state index is 11.1. The van der Waals surface area contributed by atoms with E-state index in [4.69, 9.17) is 15.2 Å². The van der Waals surface area contributed by atoms with Crippen LogP contribution in [0.25, 0.3) is 0 Å². The van der Waals surface area contributed by atoms with Gasteiger partial charge in [-0.2, -0.15) is 0 Å². The normalized spacial score (nSPS) is 10.5. The number of hydrogen-bond donors (Lipinski definition) is 1. The summed E-state index contributed by atoms with van der Waals surface area (Å²) in [5, 5.41) is 0. The molecule has 0 saturated heterocycles. The Labute approximate surface area is 101 Å². The summed E-state index contributed by atoms with van der Waals surface area (Å²) in [5.74, 6) is 0.0489. The van der Waals surface area contributed by atoms with Crippen molar-refractivity contribution in [1.82, 2.24) is 4.98 Å². The smallest absolute Gasteiger partial charge is 0.146 e. The van der Waals surface area contributed by atoms with Crippen LogP contribution in [0.3, 0.4) is 0 Å². The van der Waals surface area contributed by atoms with Crippen molar-refractivity contribution in [1.29, 1.82) is 0 Å². The Morgan fingerprint density at radius 3 is 3.06 bits per heavy atom. The molecule has 1 rings (SSSR count). The number of hydrogen-bond acceptors (Lipinski definition) is 5. The lowest BCUT2D eigenvalue weighted by atomic mass is 10.1. The van der Waals surface area contributed by atoms with Crippen molar-refractivity contribution in [3.63, 3.8) is 0 Å². The van der Waals surface area contributed by atoms with E-state index in [2.05, 4.69) is 4.98 Å². The Morgan fingerprint density at radius 1 is 1.53 bits per heavy atom. The summed E-state index contributed by atoms with van der Waals surface area (Å²) in [5.41, 5.74) is 7.14. The average molecular weight is 238 g/mol. The number of nitrogens with two attached hydrogens (primary N) is 1. The Balaban J connectivity index is 2.44. The number of Topliss-reactive ketones (excluding diaryl/α,β-unsaturated/α-hetero) is 1. The first-order valence-corrected chi connectivity index (χ1v) is 5.48. The molecule has 0 fully saturated rings. The Bertz CT molecular complexity index is 355. The van der Waals surface area contributed by atoms with Crippen LogP contribution in [0.4, 0.5) is 0 Å². The summed E-state index contributed by atoms with van der Waals surface area (Å²) in [7, 11) is 1.58. The first kappa shape index (κ1) is 13.8. The van der Waals surface area contributed by atoms with Crippen LogP contribution in [0.2, 0.25) is 0 Å². The van der Waals surface area contributed by atoms with Crippen LogP contribution in [0.1, 0.15) is 17.7 Å². The van der Waals surface area contributed by atoms with Gasteiger partial charge < -0.3 is 15.2 Å². The number of ether oxygens (including phenoxy) is 2. The second-order valence-corrected chi connectivity index (χ2v) is 3.65. The van der Waals surface area contributed by atoms with Gasteiger partial charge in [-0.05, 0) is 24.1 Å². The molecule has 94 valence electrons. The molecule has 1 aromatic heterocycles. The number of aryl methyl sites for hydroxylation is 1. The molecule has 0 aliphatic carbocycles. The van der Waals surface area contributed by atoms with E-state index < -0.39 is 0 Å². The van der Waals surface area contributed by atoms with Gasteiger partial charge in [-0.25, -0.2) is 0 Å². The highest BCUT2D eigenvalue weighted by atomic mass is 16.7. The summed E-state index contributed by atoms with van der Waals surface area (Å²) < 4.78 is 10.0. The number of carbonyl (C=O) groups is 1. The van der Waals surface area contributed by atoms with E-state index in [1.807, 2.05) is 12.1 Å². The molecule has 17 heavy (non-hydrogen) atoms. The molecule has 0 aromatic carbocycles. The second kappa shape index (κ2) is 7.89. The SMILES string of the molecule is COCOCc1ccnc(CCC(=O)CN)c1. The lowest BCUT2D eigenvalue weighted by Crippen LogP contribution is -2.14. The van der Waals surface area contributed by atoms with Gasteiger partial charge in [-0.15, -0.1) is 0 Å². The van der Waals surface area contributed by atoms with Crippen LogP contribution in [-0.4, -0.2) is 31.2 Å². The molecule has 5 heteroatoms. The van der Waals surface area contributed by atoms with Crippen LogP contribution < -0.4 is 5.73 Å². The fourth-order valence-corrected chi connectivity index (χ4v) is 1.37. The highest BCUT2D eigenvalue weighted by Gasteiger charge is 2.02. The maximum atomic E-state index is 11.1. The molecule has 0 amide bonds. The van der Waals surface area contributed by atoms with Crippen molar-refractivity contribution in [2.45, 2.75) is 19.4 Å². The molecular weight excluding hydrogens is 220 g/mol. The van der Waals surface area contributed by atoms with Crippen molar-refractivity contribution >= 4 is 5.78 Å². The highest BCUT2D eigenvalue weighted by Crippen LogP contribution is 2.06. The van der Waals surface area contributed by atoms with E-state index in [9.17, 15) is 4.79 Å². The van der Waals surface area contributed by atoms with E-state index >= 15 is 0 Å². The third kappa shape index (κ3) is 5.53. The molecular formula is C12H18N2O3. The zero-order valence-electron chi connectivity index (χ0n) is 10.0. The van der Waals surface area contributed by atoms with E-state index in [1.54, 1.807) is 13.3 Å². The number of pyridine rings is 1. The standard InChI is InChI=1S/C12H18N2O3/c1-16-9-17-8-10-4-5-14-11(6-10)2-3-12(15)7-13/h4-6H,2-3,7-9,13H2,1H3. The number of rotatable bonds is 8. The number of aromatic nitrogens is 1. The molecule has 0 aliphatic rings. The zero-order valence-corrected chi connectivity index (χ0v) is 10.0. The topological polar surface area (TPSA) is 74.4 Å². The van der Waals surface area contributed by atoms with Crippen LogP contribution in [-0.2, 0) is 27.3 Å². The third-order valence-corrected chi connectivity index (χ3v) is 2.24. The highest BCUT2D eigenvalue weighted by molar-refractivity contribution is 5.80. The number of carbonyl (C=O) groups excluding carboxylic acids is 1. The third-order valence-electron chi connectivity index (χ3n) is 2.24. The predicted molar refractivity (Wildman–Crippen MR) is 63.3 cm³/mol. The minimum atomic E-state index is 0.0489. The quantitative estimate of drug-likeness (QED) is 0.532. The summed E-state index contributed by atoms with van der Waals surface area (Å²) in [4.78, 5) is 15.3. The lowest BCUT2D eigenvalue weighted by molar-refractivity contribution is -0.117. The molecule has 1 aromatic rings. The van der Waals surface area contributed by atoms with Crippen LogP contribution >= 0.6 is 0 Å². The van der Waals surface area contributed by atoms with Crippen molar-refractivity contribution < 1.29 is 14.3 Å². The summed E-state index contributed by atoms with van der Waals surface area (Å²) in [6, 6.07) is 3.81. The van der Waals surface area contributed by atoms with Crippen molar-refractivity contribution in [2.24, 2.45) is 5.73 Å². The molecule has 0 radical (unpaired) electrons. The number of ketones is 1. The first-order valence-electron chi connectivity index (χ1n) is 5.48. The average Bonchev–Trinajstić information content (AvgIpc) is 2.37. The molecule has 2 N–H and O–H groups in total. The largest absolute Gasteiger partial charge is 0.359 e. The fraction of sp³-hybridized carbons (Fsp3) is 0.500. The fourth-order valence-electron chi connectivity index (χ4n) is 1.37. The van der Waals surface area contributed by atoms with Crippen molar-refractivity contribution in [3.05, 3.63) is 29.6 Å². The van der Waals surface area contributed by atoms with E-state index in [1.165, 1.54) is 0 Å². The lowest BCUT2D eigenvalue weighted by Gasteiger charge is -2.05. The molecule has 5 nitrogen and oxygen atoms in total. The predicted octanol–water partition coefficient (Wildman–Crippen LogP) is 0.662. The number of methoxy groups -OCH3 is 1. The van der Waals surface area contributed by atoms with Crippen molar-refractivity contribution in [3.8, 4) is 0 Å². The van der Waals surface area contributed by atoms with Gasteiger partial charge in [0.25, 0.3) is 0 Å². The summed E-state index contributed by atoms with van der Waals surface area (Å²) >= 11 is 0. The summed E-state index contributed by atoms with van der Waals surface area (Å²) in [6.07, 6.45) is 2.77. The van der Waals surface area contributed by atoms with Gasteiger partial charge >= 0.3 is 0 Å². The van der Waals surface area contributed by atoms with Crippen LogP contribution in [0.5, 0.6) is 0 Å². The maximum Gasteiger partial charge on any atom is 0.146 e. The molecule has 0 bridgehead atoms. The Kier molecular flexibility index (Phi) is 6.39. The molecule has 0 aliphatic heterocycles. The van der Waals surface area contributed by atoms with Gasteiger partial charge in [0.05, 0.1) is 13.2 Å². The minimum absolute atomic E-state index is 0.0489. The Hall–Kier alpha value is -1.30. The molecule has 0 spiro atoms. The molecule has 1 heterocycles. The van der Waals surface area contributed by atoms with Crippen LogP contribution in [0.15, 0.2) is 18.3 Å². The zero-order chi connectivity index (χ0) is 12.5. The van der Waals surface area contributed by atoms with Gasteiger partial charge in [0.2, 0.25) is 0 Å². The first-order chi connectivity index (χ1) is 8.26.